The van der Waals surface area contributed by atoms with Gasteiger partial charge in [-0.15, -0.1) is 0 Å². The fourth-order valence-electron chi connectivity index (χ4n) is 5.13. The number of urea groups is 1. The molecule has 3 heterocycles. The normalized spacial score (nSPS) is 21.2. The number of halogens is 1. The van der Waals surface area contributed by atoms with Gasteiger partial charge in [-0.3, -0.25) is 9.59 Å². The maximum atomic E-state index is 12.1. The van der Waals surface area contributed by atoms with Crippen LogP contribution in [0.15, 0.2) is 10.2 Å². The molecule has 0 aromatic rings. The van der Waals surface area contributed by atoms with E-state index in [0.29, 0.717) is 77.2 Å². The van der Waals surface area contributed by atoms with Crippen molar-refractivity contribution in [1.82, 2.24) is 26.2 Å². The van der Waals surface area contributed by atoms with E-state index >= 15 is 0 Å². The third-order valence-electron chi connectivity index (χ3n) is 7.79. The summed E-state index contributed by atoms with van der Waals surface area (Å²) in [5.74, 6) is 1.12. The molecule has 0 saturated carbocycles. The summed E-state index contributed by atoms with van der Waals surface area (Å²) in [7, 11) is 0. The first kappa shape index (κ1) is 37.2. The van der Waals surface area contributed by atoms with E-state index in [2.05, 4.69) is 59.0 Å². The molecule has 0 bridgehead atoms. The zero-order valence-electron chi connectivity index (χ0n) is 26.2. The first-order valence-corrected chi connectivity index (χ1v) is 18.6. The SMILES string of the molecule is CC1(CCC(=O)NCCN(CCI)CCCOCCOCCOCCCNC(=O)CCCC[C@@H]2SC[C@@H]3NC(=O)N[C@@H]32)N=N1. The van der Waals surface area contributed by atoms with E-state index in [4.69, 9.17) is 14.2 Å². The fourth-order valence-corrected chi connectivity index (χ4v) is 7.35. The Hall–Kier alpha value is -1.27. The molecule has 3 aliphatic rings. The van der Waals surface area contributed by atoms with Crippen molar-refractivity contribution < 1.29 is 28.6 Å². The quantitative estimate of drug-likeness (QED) is 0.0432. The van der Waals surface area contributed by atoms with Crippen LogP contribution in [0.2, 0.25) is 0 Å². The molecule has 2 saturated heterocycles. The number of thioether (sulfide) groups is 1. The topological polar surface area (TPSA) is 155 Å². The fraction of sp³-hybridized carbons (Fsp3) is 0.897. The Balaban J connectivity index is 1.02. The van der Waals surface area contributed by atoms with Gasteiger partial charge in [-0.2, -0.15) is 22.0 Å². The molecule has 15 heteroatoms. The Bertz CT molecular complexity index is 898. The molecule has 0 aliphatic carbocycles. The van der Waals surface area contributed by atoms with E-state index in [9.17, 15) is 14.4 Å². The summed E-state index contributed by atoms with van der Waals surface area (Å²) in [6.45, 7) is 9.36. The van der Waals surface area contributed by atoms with Crippen molar-refractivity contribution in [3.05, 3.63) is 0 Å². The molecule has 3 rings (SSSR count). The van der Waals surface area contributed by atoms with Crippen LogP contribution < -0.4 is 21.3 Å². The summed E-state index contributed by atoms with van der Waals surface area (Å²) < 4.78 is 17.9. The van der Waals surface area contributed by atoms with Crippen molar-refractivity contribution in [2.45, 2.75) is 81.3 Å². The molecular formula is C29H52IN7O6S. The lowest BCUT2D eigenvalue weighted by molar-refractivity contribution is -0.122. The number of hydrogen-bond donors (Lipinski definition) is 4. The number of nitrogens with zero attached hydrogens (tertiary/aromatic N) is 3. The van der Waals surface area contributed by atoms with Crippen LogP contribution in [0, 0.1) is 0 Å². The molecule has 3 atom stereocenters. The highest BCUT2D eigenvalue weighted by atomic mass is 127. The van der Waals surface area contributed by atoms with Crippen LogP contribution >= 0.6 is 34.4 Å². The Morgan fingerprint density at radius 2 is 1.59 bits per heavy atom. The van der Waals surface area contributed by atoms with Crippen LogP contribution in [0.3, 0.4) is 0 Å². The van der Waals surface area contributed by atoms with Crippen molar-refractivity contribution in [1.29, 1.82) is 0 Å². The number of ether oxygens (including phenoxy) is 3. The predicted octanol–water partition coefficient (Wildman–Crippen LogP) is 2.47. The molecule has 0 aromatic carbocycles. The average molecular weight is 754 g/mol. The smallest absolute Gasteiger partial charge is 0.315 e. The number of unbranched alkanes of at least 4 members (excludes halogenated alkanes) is 1. The Morgan fingerprint density at radius 1 is 0.909 bits per heavy atom. The molecule has 2 fully saturated rings. The average Bonchev–Trinajstić information content (AvgIpc) is 3.46. The minimum Gasteiger partial charge on any atom is -0.379 e. The van der Waals surface area contributed by atoms with Gasteiger partial charge in [0.15, 0.2) is 5.66 Å². The monoisotopic (exact) mass is 753 g/mol. The highest BCUT2D eigenvalue weighted by Gasteiger charge is 2.42. The summed E-state index contributed by atoms with van der Waals surface area (Å²) in [4.78, 5) is 37.9. The summed E-state index contributed by atoms with van der Waals surface area (Å²) in [6.07, 6.45) is 6.28. The highest BCUT2D eigenvalue weighted by Crippen LogP contribution is 2.33. The number of rotatable bonds is 27. The number of hydrogen-bond acceptors (Lipinski definition) is 10. The van der Waals surface area contributed by atoms with Gasteiger partial charge in [0.25, 0.3) is 0 Å². The van der Waals surface area contributed by atoms with E-state index in [1.54, 1.807) is 0 Å². The lowest BCUT2D eigenvalue weighted by Gasteiger charge is -2.21. The number of fused-ring (bicyclic) bond motifs is 1. The second kappa shape index (κ2) is 21.5. The zero-order chi connectivity index (χ0) is 31.5. The molecule has 0 unspecified atom stereocenters. The molecule has 252 valence electrons. The number of alkyl halides is 1. The zero-order valence-corrected chi connectivity index (χ0v) is 29.1. The molecule has 0 radical (unpaired) electrons. The van der Waals surface area contributed by atoms with Crippen molar-refractivity contribution in [2.75, 3.05) is 82.5 Å². The van der Waals surface area contributed by atoms with Crippen LogP contribution in [0.1, 0.15) is 58.3 Å². The Kier molecular flexibility index (Phi) is 18.2. The van der Waals surface area contributed by atoms with Gasteiger partial charge < -0.3 is 40.4 Å². The molecule has 4 amide bonds. The van der Waals surface area contributed by atoms with Crippen molar-refractivity contribution in [3.63, 3.8) is 0 Å². The van der Waals surface area contributed by atoms with E-state index in [0.717, 1.165) is 61.9 Å². The first-order chi connectivity index (χ1) is 21.4. The van der Waals surface area contributed by atoms with Crippen LogP contribution in [-0.2, 0) is 23.8 Å². The highest BCUT2D eigenvalue weighted by molar-refractivity contribution is 14.1. The minimum absolute atomic E-state index is 0.0522. The molecule has 0 spiro atoms. The van der Waals surface area contributed by atoms with Gasteiger partial charge >= 0.3 is 6.03 Å². The third kappa shape index (κ3) is 15.8. The maximum Gasteiger partial charge on any atom is 0.315 e. The van der Waals surface area contributed by atoms with Gasteiger partial charge in [0.1, 0.15) is 0 Å². The van der Waals surface area contributed by atoms with E-state index in [1.165, 1.54) is 0 Å². The van der Waals surface area contributed by atoms with Gasteiger partial charge in [-0.05, 0) is 32.6 Å². The summed E-state index contributed by atoms with van der Waals surface area (Å²) in [5.41, 5.74) is -0.317. The van der Waals surface area contributed by atoms with E-state index in [1.807, 2.05) is 18.7 Å². The van der Waals surface area contributed by atoms with E-state index < -0.39 is 0 Å². The van der Waals surface area contributed by atoms with Crippen molar-refractivity contribution in [2.24, 2.45) is 10.2 Å². The molecule has 0 aromatic heterocycles. The van der Waals surface area contributed by atoms with Gasteiger partial charge in [-0.25, -0.2) is 4.79 Å². The van der Waals surface area contributed by atoms with Crippen LogP contribution in [-0.4, -0.2) is 128 Å². The Labute approximate surface area is 280 Å². The van der Waals surface area contributed by atoms with Gasteiger partial charge in [0.05, 0.1) is 38.5 Å². The molecule has 13 nitrogen and oxygen atoms in total. The molecule has 4 N–H and O–H groups in total. The summed E-state index contributed by atoms with van der Waals surface area (Å²) in [5, 5.41) is 20.3. The standard InChI is InChI=1S/C29H52IN7O6S/c1-29(35-36-29)9-8-26(39)32-12-15-37(14-10-30)13-5-17-42-19-21-43-20-18-41-16-4-11-31-25(38)7-3-2-6-24-27-23(22-44-24)33-28(40)34-27/h23-24,27H,2-22H2,1H3,(H,31,38)(H,32,39)(H2,33,34,40)/t23-,24-,27-/m0/s1. The number of carbonyl (C=O) groups excluding carboxylic acids is 3. The minimum atomic E-state index is -0.317. The lowest BCUT2D eigenvalue weighted by atomic mass is 10.0. The Morgan fingerprint density at radius 3 is 2.32 bits per heavy atom. The number of nitrogens with one attached hydrogen (secondary N) is 4. The van der Waals surface area contributed by atoms with Crippen LogP contribution in [0.4, 0.5) is 4.79 Å². The van der Waals surface area contributed by atoms with Gasteiger partial charge in [-0.1, -0.05) is 29.0 Å². The molecule has 3 aliphatic heterocycles. The maximum absolute atomic E-state index is 12.1. The first-order valence-electron chi connectivity index (χ1n) is 16.1. The van der Waals surface area contributed by atoms with E-state index in [-0.39, 0.29) is 35.6 Å². The number of amides is 4. The third-order valence-corrected chi connectivity index (χ3v) is 9.78. The molecule has 44 heavy (non-hydrogen) atoms. The van der Waals surface area contributed by atoms with Gasteiger partial charge in [0, 0.05) is 80.6 Å². The molecular weight excluding hydrogens is 701 g/mol. The van der Waals surface area contributed by atoms with Crippen LogP contribution in [0.5, 0.6) is 0 Å². The predicted molar refractivity (Wildman–Crippen MR) is 179 cm³/mol. The largest absolute Gasteiger partial charge is 0.379 e. The summed E-state index contributed by atoms with van der Waals surface area (Å²) >= 11 is 4.29. The second-order valence-corrected chi connectivity index (χ2v) is 13.9. The second-order valence-electron chi connectivity index (χ2n) is 11.6. The lowest BCUT2D eigenvalue weighted by Crippen LogP contribution is -2.37. The summed E-state index contributed by atoms with van der Waals surface area (Å²) in [6, 6.07) is 0.437. The van der Waals surface area contributed by atoms with Crippen LogP contribution in [0.25, 0.3) is 0 Å². The van der Waals surface area contributed by atoms with Crippen molar-refractivity contribution >= 4 is 52.2 Å². The van der Waals surface area contributed by atoms with Crippen molar-refractivity contribution in [3.8, 4) is 0 Å². The van der Waals surface area contributed by atoms with Gasteiger partial charge in [0.2, 0.25) is 11.8 Å². The number of carbonyl (C=O) groups is 3.